The van der Waals surface area contributed by atoms with E-state index in [9.17, 15) is 0 Å². The summed E-state index contributed by atoms with van der Waals surface area (Å²) in [5.41, 5.74) is 0.851. The summed E-state index contributed by atoms with van der Waals surface area (Å²) in [6.07, 6.45) is 0.334. The zero-order valence-corrected chi connectivity index (χ0v) is 7.70. The number of nitrogens with zero attached hydrogens (tertiary/aromatic N) is 1. The van der Waals surface area contributed by atoms with Gasteiger partial charge in [0.25, 0.3) is 0 Å². The molecule has 68 valence electrons. The van der Waals surface area contributed by atoms with Gasteiger partial charge in [0.15, 0.2) is 11.5 Å². The van der Waals surface area contributed by atoms with Crippen LogP contribution in [0.4, 0.5) is 0 Å². The molecule has 0 radical (unpaired) electrons. The second-order valence-electron chi connectivity index (χ2n) is 2.49. The van der Waals surface area contributed by atoms with Crippen molar-refractivity contribution < 1.29 is 9.47 Å². The molecular weight excluding hydrogens is 166 g/mol. The van der Waals surface area contributed by atoms with Gasteiger partial charge >= 0.3 is 0 Å². The van der Waals surface area contributed by atoms with Crippen molar-refractivity contribution in [3.05, 3.63) is 23.8 Å². The van der Waals surface area contributed by atoms with Crippen LogP contribution in [0.3, 0.4) is 0 Å². The molecule has 0 heterocycles. The third-order valence-electron chi connectivity index (χ3n) is 1.75. The predicted octanol–water partition coefficient (Wildman–Crippen LogP) is 1.77. The Morgan fingerprint density at radius 1 is 1.31 bits per heavy atom. The number of benzene rings is 1. The van der Waals surface area contributed by atoms with Crippen LogP contribution in [0.1, 0.15) is 5.56 Å². The first-order chi connectivity index (χ1) is 6.33. The standard InChI is InChI=1S/C10H11NO2/c1-12-9-5-3-4-8(6-7-11)10(9)13-2/h3-5H,6H2,1-2H3. The summed E-state index contributed by atoms with van der Waals surface area (Å²) < 4.78 is 10.2. The van der Waals surface area contributed by atoms with Gasteiger partial charge in [0.05, 0.1) is 26.7 Å². The van der Waals surface area contributed by atoms with E-state index in [1.54, 1.807) is 20.3 Å². The maximum absolute atomic E-state index is 8.56. The molecule has 3 heteroatoms. The fourth-order valence-corrected chi connectivity index (χ4v) is 1.18. The van der Waals surface area contributed by atoms with Gasteiger partial charge in [-0.1, -0.05) is 12.1 Å². The topological polar surface area (TPSA) is 42.2 Å². The second kappa shape index (κ2) is 4.36. The summed E-state index contributed by atoms with van der Waals surface area (Å²) in [5, 5.41) is 8.56. The lowest BCUT2D eigenvalue weighted by Crippen LogP contribution is -1.94. The first-order valence-corrected chi connectivity index (χ1v) is 3.90. The Balaban J connectivity index is 3.12. The van der Waals surface area contributed by atoms with Crippen LogP contribution >= 0.6 is 0 Å². The molecule has 0 spiro atoms. The fraction of sp³-hybridized carbons (Fsp3) is 0.300. The average molecular weight is 177 g/mol. The second-order valence-corrected chi connectivity index (χ2v) is 2.49. The molecule has 0 atom stereocenters. The third kappa shape index (κ3) is 1.91. The molecule has 13 heavy (non-hydrogen) atoms. The van der Waals surface area contributed by atoms with Gasteiger partial charge in [0, 0.05) is 5.56 Å². The van der Waals surface area contributed by atoms with Gasteiger partial charge < -0.3 is 9.47 Å². The lowest BCUT2D eigenvalue weighted by atomic mass is 10.1. The van der Waals surface area contributed by atoms with E-state index in [0.717, 1.165) is 5.56 Å². The van der Waals surface area contributed by atoms with Crippen molar-refractivity contribution >= 4 is 0 Å². The molecular formula is C10H11NO2. The highest BCUT2D eigenvalue weighted by molar-refractivity contribution is 5.47. The molecule has 0 saturated carbocycles. The molecule has 0 aliphatic rings. The summed E-state index contributed by atoms with van der Waals surface area (Å²) in [7, 11) is 3.15. The van der Waals surface area contributed by atoms with Crippen molar-refractivity contribution in [3.63, 3.8) is 0 Å². The van der Waals surface area contributed by atoms with Crippen LogP contribution in [-0.4, -0.2) is 14.2 Å². The van der Waals surface area contributed by atoms with Crippen LogP contribution in [0.2, 0.25) is 0 Å². The molecule has 0 N–H and O–H groups in total. The molecule has 0 fully saturated rings. The number of ether oxygens (including phenoxy) is 2. The number of nitriles is 1. The van der Waals surface area contributed by atoms with Gasteiger partial charge in [-0.3, -0.25) is 0 Å². The summed E-state index contributed by atoms with van der Waals surface area (Å²) in [6, 6.07) is 7.57. The lowest BCUT2D eigenvalue weighted by molar-refractivity contribution is 0.352. The van der Waals surface area contributed by atoms with Crippen molar-refractivity contribution in [3.8, 4) is 17.6 Å². The minimum Gasteiger partial charge on any atom is -0.493 e. The molecule has 0 aliphatic carbocycles. The Labute approximate surface area is 77.5 Å². The fourth-order valence-electron chi connectivity index (χ4n) is 1.18. The van der Waals surface area contributed by atoms with Gasteiger partial charge in [-0.2, -0.15) is 5.26 Å². The first kappa shape index (κ1) is 9.40. The molecule has 0 aromatic heterocycles. The van der Waals surface area contributed by atoms with Crippen LogP contribution in [0, 0.1) is 11.3 Å². The quantitative estimate of drug-likeness (QED) is 0.706. The SMILES string of the molecule is COc1cccc(CC#N)c1OC. The van der Waals surface area contributed by atoms with Crippen LogP contribution in [0.5, 0.6) is 11.5 Å². The third-order valence-corrected chi connectivity index (χ3v) is 1.75. The van der Waals surface area contributed by atoms with Crippen LogP contribution in [-0.2, 0) is 6.42 Å². The number of hydrogen-bond acceptors (Lipinski definition) is 3. The van der Waals surface area contributed by atoms with Gasteiger partial charge in [0.2, 0.25) is 0 Å². The van der Waals surface area contributed by atoms with Crippen molar-refractivity contribution in [1.82, 2.24) is 0 Å². The molecule has 1 aromatic rings. The summed E-state index contributed by atoms with van der Waals surface area (Å²) in [6.45, 7) is 0. The summed E-state index contributed by atoms with van der Waals surface area (Å²) >= 11 is 0. The smallest absolute Gasteiger partial charge is 0.164 e. The van der Waals surface area contributed by atoms with E-state index >= 15 is 0 Å². The van der Waals surface area contributed by atoms with E-state index in [4.69, 9.17) is 14.7 Å². The Morgan fingerprint density at radius 3 is 2.62 bits per heavy atom. The Morgan fingerprint density at radius 2 is 2.08 bits per heavy atom. The number of rotatable bonds is 3. The minimum absolute atomic E-state index is 0.334. The summed E-state index contributed by atoms with van der Waals surface area (Å²) in [4.78, 5) is 0. The van der Waals surface area contributed by atoms with Crippen LogP contribution in [0.25, 0.3) is 0 Å². The Kier molecular flexibility index (Phi) is 3.15. The van der Waals surface area contributed by atoms with E-state index in [2.05, 4.69) is 6.07 Å². The van der Waals surface area contributed by atoms with E-state index in [0.29, 0.717) is 17.9 Å². The Hall–Kier alpha value is -1.69. The average Bonchev–Trinajstić information content (AvgIpc) is 2.18. The largest absolute Gasteiger partial charge is 0.493 e. The molecule has 0 bridgehead atoms. The molecule has 1 rings (SSSR count). The van der Waals surface area contributed by atoms with Gasteiger partial charge in [0.1, 0.15) is 0 Å². The van der Waals surface area contributed by atoms with Crippen LogP contribution < -0.4 is 9.47 Å². The van der Waals surface area contributed by atoms with Gasteiger partial charge in [-0.05, 0) is 6.07 Å². The molecule has 3 nitrogen and oxygen atoms in total. The monoisotopic (exact) mass is 177 g/mol. The van der Waals surface area contributed by atoms with E-state index in [1.807, 2.05) is 12.1 Å². The van der Waals surface area contributed by atoms with Crippen molar-refractivity contribution in [1.29, 1.82) is 5.26 Å². The van der Waals surface area contributed by atoms with Crippen LogP contribution in [0.15, 0.2) is 18.2 Å². The zero-order chi connectivity index (χ0) is 9.68. The molecule has 0 amide bonds. The van der Waals surface area contributed by atoms with E-state index in [1.165, 1.54) is 0 Å². The maximum atomic E-state index is 8.56. The molecule has 0 unspecified atom stereocenters. The predicted molar refractivity (Wildman–Crippen MR) is 48.9 cm³/mol. The van der Waals surface area contributed by atoms with Gasteiger partial charge in [-0.15, -0.1) is 0 Å². The molecule has 0 saturated heterocycles. The van der Waals surface area contributed by atoms with E-state index in [-0.39, 0.29) is 0 Å². The lowest BCUT2D eigenvalue weighted by Gasteiger charge is -2.09. The van der Waals surface area contributed by atoms with Crippen molar-refractivity contribution in [2.75, 3.05) is 14.2 Å². The van der Waals surface area contributed by atoms with Crippen molar-refractivity contribution in [2.45, 2.75) is 6.42 Å². The summed E-state index contributed by atoms with van der Waals surface area (Å²) in [5.74, 6) is 1.31. The zero-order valence-electron chi connectivity index (χ0n) is 7.70. The highest BCUT2D eigenvalue weighted by Crippen LogP contribution is 2.30. The first-order valence-electron chi connectivity index (χ1n) is 3.90. The molecule has 0 aliphatic heterocycles. The maximum Gasteiger partial charge on any atom is 0.164 e. The van der Waals surface area contributed by atoms with E-state index < -0.39 is 0 Å². The molecule has 1 aromatic carbocycles. The Bertz CT molecular complexity index is 328. The highest BCUT2D eigenvalue weighted by atomic mass is 16.5. The highest BCUT2D eigenvalue weighted by Gasteiger charge is 2.07. The number of hydrogen-bond donors (Lipinski definition) is 0. The normalized spacial score (nSPS) is 9.00. The van der Waals surface area contributed by atoms with Gasteiger partial charge in [-0.25, -0.2) is 0 Å². The number of methoxy groups -OCH3 is 2. The minimum atomic E-state index is 0.334. The number of para-hydroxylation sites is 1. The van der Waals surface area contributed by atoms with Crippen molar-refractivity contribution in [2.24, 2.45) is 0 Å².